The van der Waals surface area contributed by atoms with E-state index in [2.05, 4.69) is 52.5 Å². The van der Waals surface area contributed by atoms with Crippen LogP contribution < -0.4 is 0 Å². The van der Waals surface area contributed by atoms with Gasteiger partial charge >= 0.3 is 0 Å². The Morgan fingerprint density at radius 1 is 1.21 bits per heavy atom. The molecule has 0 N–H and O–H groups in total. The highest BCUT2D eigenvalue weighted by Gasteiger charge is 2.32. The van der Waals surface area contributed by atoms with Gasteiger partial charge in [0, 0.05) is 18.2 Å². The van der Waals surface area contributed by atoms with Crippen molar-refractivity contribution in [3.63, 3.8) is 0 Å². The fraction of sp³-hybridized carbons (Fsp3) is 0.591. The van der Waals surface area contributed by atoms with Crippen LogP contribution in [0.15, 0.2) is 30.5 Å². The number of carbonyl (C=O) groups excluding carboxylic acids is 1. The van der Waals surface area contributed by atoms with E-state index in [1.54, 1.807) is 0 Å². The first-order valence-corrected chi connectivity index (χ1v) is 9.28. The average molecular weight is 328 g/mol. The molecular weight excluding hydrogens is 294 g/mol. The standard InChI is InChI=1S/C22H33NO/c1-16(2)23(19-12-8-7-9-13-19)21(24)15-22(5,6)20-14-10-11-17(3)18(20)4/h10-11,14,19H,1,7-9,12-13,15H2,2-6H3. The first-order valence-electron chi connectivity index (χ1n) is 9.28. The van der Waals surface area contributed by atoms with Crippen LogP contribution in [0.25, 0.3) is 0 Å². The van der Waals surface area contributed by atoms with Crippen LogP contribution in [0.1, 0.15) is 76.0 Å². The van der Waals surface area contributed by atoms with Crippen LogP contribution in [0, 0.1) is 13.8 Å². The first kappa shape index (κ1) is 18.8. The summed E-state index contributed by atoms with van der Waals surface area (Å²) in [7, 11) is 0. The average Bonchev–Trinajstić information content (AvgIpc) is 2.50. The van der Waals surface area contributed by atoms with E-state index < -0.39 is 0 Å². The van der Waals surface area contributed by atoms with Gasteiger partial charge in [0.2, 0.25) is 5.91 Å². The number of amides is 1. The highest BCUT2D eigenvalue weighted by atomic mass is 16.2. The zero-order valence-electron chi connectivity index (χ0n) is 16.1. The van der Waals surface area contributed by atoms with Gasteiger partial charge in [-0.25, -0.2) is 0 Å². The summed E-state index contributed by atoms with van der Waals surface area (Å²) < 4.78 is 0. The Morgan fingerprint density at radius 2 is 1.83 bits per heavy atom. The molecule has 1 aliphatic carbocycles. The molecule has 1 aromatic carbocycles. The lowest BCUT2D eigenvalue weighted by atomic mass is 9.77. The highest BCUT2D eigenvalue weighted by Crippen LogP contribution is 2.33. The van der Waals surface area contributed by atoms with Crippen LogP contribution in [0.4, 0.5) is 0 Å². The third kappa shape index (κ3) is 4.09. The lowest BCUT2D eigenvalue weighted by Crippen LogP contribution is -2.42. The number of nitrogens with zero attached hydrogens (tertiary/aromatic N) is 1. The minimum absolute atomic E-state index is 0.171. The summed E-state index contributed by atoms with van der Waals surface area (Å²) in [6, 6.07) is 6.75. The minimum Gasteiger partial charge on any atom is -0.314 e. The molecule has 1 amide bonds. The molecule has 1 aromatic rings. The predicted octanol–water partition coefficient (Wildman–Crippen LogP) is 5.67. The zero-order chi connectivity index (χ0) is 17.9. The van der Waals surface area contributed by atoms with Gasteiger partial charge < -0.3 is 4.90 Å². The van der Waals surface area contributed by atoms with Crippen molar-refractivity contribution in [2.75, 3.05) is 0 Å². The number of hydrogen-bond donors (Lipinski definition) is 0. The SMILES string of the molecule is C=C(C)N(C(=O)CC(C)(C)c1cccc(C)c1C)C1CCCCC1. The molecule has 0 aliphatic heterocycles. The molecule has 0 bridgehead atoms. The number of allylic oxidation sites excluding steroid dienone is 1. The number of hydrogen-bond acceptors (Lipinski definition) is 1. The topological polar surface area (TPSA) is 20.3 Å². The maximum atomic E-state index is 13.1. The van der Waals surface area contributed by atoms with Crippen molar-refractivity contribution in [3.8, 4) is 0 Å². The Kier molecular flexibility index (Phi) is 5.90. The molecule has 0 spiro atoms. The van der Waals surface area contributed by atoms with E-state index in [0.717, 1.165) is 18.5 Å². The lowest BCUT2D eigenvalue weighted by molar-refractivity contribution is -0.132. The van der Waals surface area contributed by atoms with Crippen molar-refractivity contribution in [1.29, 1.82) is 0 Å². The van der Waals surface area contributed by atoms with Crippen LogP contribution in [-0.2, 0) is 10.2 Å². The van der Waals surface area contributed by atoms with Crippen LogP contribution in [0.5, 0.6) is 0 Å². The second-order valence-electron chi connectivity index (χ2n) is 8.10. The predicted molar refractivity (Wildman–Crippen MR) is 102 cm³/mol. The summed E-state index contributed by atoms with van der Waals surface area (Å²) in [4.78, 5) is 15.1. The third-order valence-electron chi connectivity index (χ3n) is 5.55. The zero-order valence-corrected chi connectivity index (χ0v) is 16.1. The van der Waals surface area contributed by atoms with E-state index in [0.29, 0.717) is 12.5 Å². The molecule has 0 saturated heterocycles. The van der Waals surface area contributed by atoms with Crippen molar-refractivity contribution >= 4 is 5.91 Å². The Balaban J connectivity index is 2.21. The van der Waals surface area contributed by atoms with E-state index in [1.165, 1.54) is 36.0 Å². The highest BCUT2D eigenvalue weighted by molar-refractivity contribution is 5.80. The molecule has 0 aromatic heterocycles. The van der Waals surface area contributed by atoms with E-state index in [9.17, 15) is 4.79 Å². The molecule has 1 saturated carbocycles. The monoisotopic (exact) mass is 327 g/mol. The quantitative estimate of drug-likeness (QED) is 0.682. The van der Waals surface area contributed by atoms with E-state index in [1.807, 2.05) is 11.8 Å². The van der Waals surface area contributed by atoms with Crippen LogP contribution in [-0.4, -0.2) is 16.8 Å². The molecule has 0 atom stereocenters. The smallest absolute Gasteiger partial charge is 0.227 e. The molecule has 2 rings (SSSR count). The van der Waals surface area contributed by atoms with Crippen LogP contribution in [0.2, 0.25) is 0 Å². The summed E-state index contributed by atoms with van der Waals surface area (Å²) in [6.07, 6.45) is 6.50. The van der Waals surface area contributed by atoms with Crippen molar-refractivity contribution in [2.24, 2.45) is 0 Å². The molecule has 2 heteroatoms. The third-order valence-corrected chi connectivity index (χ3v) is 5.55. The number of carbonyl (C=O) groups is 1. The molecule has 0 radical (unpaired) electrons. The summed E-state index contributed by atoms with van der Waals surface area (Å²) in [5.41, 5.74) is 4.59. The van der Waals surface area contributed by atoms with Gasteiger partial charge in [-0.05, 0) is 55.7 Å². The van der Waals surface area contributed by atoms with Crippen LogP contribution >= 0.6 is 0 Å². The lowest BCUT2D eigenvalue weighted by Gasteiger charge is -2.37. The van der Waals surface area contributed by atoms with Gasteiger partial charge in [0.05, 0.1) is 0 Å². The Labute approximate surface area is 147 Å². The van der Waals surface area contributed by atoms with Crippen molar-refractivity contribution < 1.29 is 4.79 Å². The normalized spacial score (nSPS) is 16.0. The maximum absolute atomic E-state index is 13.1. The minimum atomic E-state index is -0.171. The summed E-state index contributed by atoms with van der Waals surface area (Å²) in [5.74, 6) is 0.223. The summed E-state index contributed by atoms with van der Waals surface area (Å²) in [6.45, 7) is 14.7. The van der Waals surface area contributed by atoms with Gasteiger partial charge in [-0.1, -0.05) is 57.9 Å². The van der Waals surface area contributed by atoms with Gasteiger partial charge in [0.1, 0.15) is 0 Å². The molecule has 0 unspecified atom stereocenters. The second kappa shape index (κ2) is 7.55. The Morgan fingerprint density at radius 3 is 2.42 bits per heavy atom. The molecule has 132 valence electrons. The molecule has 1 fully saturated rings. The van der Waals surface area contributed by atoms with Gasteiger partial charge in [0.25, 0.3) is 0 Å². The van der Waals surface area contributed by atoms with Gasteiger partial charge in [-0.2, -0.15) is 0 Å². The number of benzene rings is 1. The number of rotatable bonds is 5. The fourth-order valence-electron chi connectivity index (χ4n) is 4.11. The molecule has 0 heterocycles. The summed E-state index contributed by atoms with van der Waals surface area (Å²) in [5, 5.41) is 0. The first-order chi connectivity index (χ1) is 11.2. The maximum Gasteiger partial charge on any atom is 0.227 e. The molecule has 24 heavy (non-hydrogen) atoms. The molecule has 2 nitrogen and oxygen atoms in total. The van der Waals surface area contributed by atoms with Crippen molar-refractivity contribution in [1.82, 2.24) is 4.90 Å². The molecule has 1 aliphatic rings. The summed E-state index contributed by atoms with van der Waals surface area (Å²) >= 11 is 0. The Bertz CT molecular complexity index is 608. The van der Waals surface area contributed by atoms with Gasteiger partial charge in [0.15, 0.2) is 0 Å². The van der Waals surface area contributed by atoms with Crippen molar-refractivity contribution in [3.05, 3.63) is 47.2 Å². The second-order valence-corrected chi connectivity index (χ2v) is 8.10. The fourth-order valence-corrected chi connectivity index (χ4v) is 4.11. The Hall–Kier alpha value is -1.57. The van der Waals surface area contributed by atoms with Gasteiger partial charge in [-0.15, -0.1) is 0 Å². The van der Waals surface area contributed by atoms with Crippen LogP contribution in [0.3, 0.4) is 0 Å². The van der Waals surface area contributed by atoms with E-state index in [4.69, 9.17) is 0 Å². The number of aryl methyl sites for hydroxylation is 1. The van der Waals surface area contributed by atoms with E-state index in [-0.39, 0.29) is 11.3 Å². The van der Waals surface area contributed by atoms with E-state index >= 15 is 0 Å². The van der Waals surface area contributed by atoms with Gasteiger partial charge in [-0.3, -0.25) is 4.79 Å². The van der Waals surface area contributed by atoms with Crippen molar-refractivity contribution in [2.45, 2.75) is 84.6 Å². The molecular formula is C22H33NO. The largest absolute Gasteiger partial charge is 0.314 e.